The van der Waals surface area contributed by atoms with E-state index in [1.165, 1.54) is 11.4 Å². The number of nitrogens with one attached hydrogen (secondary N) is 1. The summed E-state index contributed by atoms with van der Waals surface area (Å²) in [4.78, 5) is 21.5. The van der Waals surface area contributed by atoms with Crippen molar-refractivity contribution in [2.75, 3.05) is 18.5 Å². The number of aromatic nitrogens is 4. The molecular weight excluding hydrogens is 280 g/mol. The number of ether oxygens (including phenoxy) is 1. The lowest BCUT2D eigenvalue weighted by Crippen LogP contribution is -2.15. The number of fused-ring (bicyclic) bond motifs is 1. The van der Waals surface area contributed by atoms with Crippen molar-refractivity contribution in [3.63, 3.8) is 0 Å². The Morgan fingerprint density at radius 1 is 1.48 bits per heavy atom. The monoisotopic (exact) mass is 294 g/mol. The molecule has 2 heterocycles. The predicted molar refractivity (Wildman–Crippen MR) is 72.0 cm³/mol. The zero-order valence-corrected chi connectivity index (χ0v) is 11.8. The fraction of sp³-hybridized carbons (Fsp3) is 0.455. The first-order valence-corrected chi connectivity index (χ1v) is 6.16. The molecular formula is C11H14N6O4. The van der Waals surface area contributed by atoms with Gasteiger partial charge < -0.3 is 10.1 Å². The van der Waals surface area contributed by atoms with Crippen LogP contribution in [-0.4, -0.2) is 44.1 Å². The summed E-state index contributed by atoms with van der Waals surface area (Å²) in [5.74, 6) is -0.406. The van der Waals surface area contributed by atoms with Crippen molar-refractivity contribution in [3.05, 3.63) is 21.4 Å². The fourth-order valence-electron chi connectivity index (χ4n) is 1.95. The Hall–Kier alpha value is -2.78. The molecule has 1 N–H and O–H groups in total. The summed E-state index contributed by atoms with van der Waals surface area (Å²) in [6, 6.07) is 0. The molecule has 0 fully saturated rings. The smallest absolute Gasteiger partial charge is 0.338 e. The maximum atomic E-state index is 11.3. The van der Waals surface area contributed by atoms with E-state index in [1.54, 1.807) is 13.8 Å². The lowest BCUT2D eigenvalue weighted by atomic mass is 10.1. The van der Waals surface area contributed by atoms with Gasteiger partial charge in [0.1, 0.15) is 12.3 Å². The van der Waals surface area contributed by atoms with Gasteiger partial charge in [-0.1, -0.05) is 0 Å². The van der Waals surface area contributed by atoms with Gasteiger partial charge in [-0.25, -0.2) is 0 Å². The van der Waals surface area contributed by atoms with Crippen LogP contribution in [0.3, 0.4) is 0 Å². The van der Waals surface area contributed by atoms with Crippen LogP contribution in [0.25, 0.3) is 5.65 Å². The second-order valence-corrected chi connectivity index (χ2v) is 4.37. The van der Waals surface area contributed by atoms with Crippen molar-refractivity contribution in [1.82, 2.24) is 20.0 Å². The summed E-state index contributed by atoms with van der Waals surface area (Å²) in [6.07, 6.45) is 0. The van der Waals surface area contributed by atoms with Crippen molar-refractivity contribution in [1.29, 1.82) is 0 Å². The lowest BCUT2D eigenvalue weighted by molar-refractivity contribution is -0.382. The number of pyridine rings is 1. The molecule has 2 rings (SSSR count). The summed E-state index contributed by atoms with van der Waals surface area (Å²) in [5.41, 5.74) is 1.54. The van der Waals surface area contributed by atoms with Gasteiger partial charge in [-0.15, -0.1) is 5.10 Å². The first kappa shape index (κ1) is 14.6. The van der Waals surface area contributed by atoms with Crippen molar-refractivity contribution in [2.24, 2.45) is 0 Å². The standard InChI is InChI=1S/C11H14N6O4/c1-6-7(2)16-11(13-14-15-16)10(17(19)20)9(6)12-4-5-21-8(3)18/h12H,4-5H2,1-3H3. The number of aryl methyl sites for hydroxylation is 1. The van der Waals surface area contributed by atoms with E-state index in [4.69, 9.17) is 4.74 Å². The third-order valence-electron chi connectivity index (χ3n) is 3.05. The molecule has 0 aliphatic carbocycles. The third-order valence-corrected chi connectivity index (χ3v) is 3.05. The van der Waals surface area contributed by atoms with Crippen LogP contribution >= 0.6 is 0 Å². The summed E-state index contributed by atoms with van der Waals surface area (Å²) >= 11 is 0. The second kappa shape index (κ2) is 5.69. The van der Waals surface area contributed by atoms with Crippen molar-refractivity contribution in [2.45, 2.75) is 20.8 Å². The van der Waals surface area contributed by atoms with Gasteiger partial charge >= 0.3 is 11.7 Å². The third kappa shape index (κ3) is 2.73. The van der Waals surface area contributed by atoms with Crippen molar-refractivity contribution < 1.29 is 14.5 Å². The number of tetrazole rings is 1. The molecule has 0 aromatic carbocycles. The predicted octanol–water partition coefficient (Wildman–Crippen LogP) is 0.624. The number of nitrogens with zero attached hydrogens (tertiary/aromatic N) is 5. The molecule has 21 heavy (non-hydrogen) atoms. The molecule has 112 valence electrons. The molecule has 0 unspecified atom stereocenters. The molecule has 0 radical (unpaired) electrons. The van der Waals surface area contributed by atoms with Gasteiger partial charge in [-0.3, -0.25) is 14.9 Å². The average molecular weight is 294 g/mol. The Morgan fingerprint density at radius 2 is 2.19 bits per heavy atom. The SMILES string of the molecule is CC(=O)OCCNc1c(C)c(C)n2nnnc2c1[N+](=O)[O-]. The first-order chi connectivity index (χ1) is 9.93. The Morgan fingerprint density at radius 3 is 2.81 bits per heavy atom. The van der Waals surface area contributed by atoms with Crippen LogP contribution in [0, 0.1) is 24.0 Å². The normalized spacial score (nSPS) is 10.6. The van der Waals surface area contributed by atoms with Crippen LogP contribution in [0.5, 0.6) is 0 Å². The summed E-state index contributed by atoms with van der Waals surface area (Å²) in [7, 11) is 0. The maximum Gasteiger partial charge on any atom is 0.338 e. The summed E-state index contributed by atoms with van der Waals surface area (Å²) in [6.45, 7) is 5.16. The number of carbonyl (C=O) groups excluding carboxylic acids is 1. The van der Waals surface area contributed by atoms with Crippen LogP contribution in [0.4, 0.5) is 11.4 Å². The summed E-state index contributed by atoms with van der Waals surface area (Å²) in [5, 5.41) is 25.1. The van der Waals surface area contributed by atoms with E-state index in [2.05, 4.69) is 20.8 Å². The van der Waals surface area contributed by atoms with E-state index >= 15 is 0 Å². The van der Waals surface area contributed by atoms with Crippen LogP contribution in [0.2, 0.25) is 0 Å². The van der Waals surface area contributed by atoms with Crippen LogP contribution in [0.15, 0.2) is 0 Å². The minimum absolute atomic E-state index is 0.0677. The highest BCUT2D eigenvalue weighted by Crippen LogP contribution is 2.33. The van der Waals surface area contributed by atoms with Gasteiger partial charge in [0, 0.05) is 24.7 Å². The van der Waals surface area contributed by atoms with Gasteiger partial charge in [0.25, 0.3) is 5.65 Å². The molecule has 10 nitrogen and oxygen atoms in total. The quantitative estimate of drug-likeness (QED) is 0.368. The van der Waals surface area contributed by atoms with Crippen LogP contribution in [0.1, 0.15) is 18.2 Å². The zero-order valence-electron chi connectivity index (χ0n) is 11.8. The lowest BCUT2D eigenvalue weighted by Gasteiger charge is -2.12. The first-order valence-electron chi connectivity index (χ1n) is 6.16. The minimum Gasteiger partial charge on any atom is -0.464 e. The van der Waals surface area contributed by atoms with E-state index in [0.29, 0.717) is 16.9 Å². The van der Waals surface area contributed by atoms with E-state index < -0.39 is 10.9 Å². The summed E-state index contributed by atoms with van der Waals surface area (Å²) < 4.78 is 6.11. The molecule has 0 bridgehead atoms. The van der Waals surface area contributed by atoms with Crippen molar-refractivity contribution >= 4 is 23.0 Å². The van der Waals surface area contributed by atoms with E-state index in [-0.39, 0.29) is 24.5 Å². The van der Waals surface area contributed by atoms with Gasteiger partial charge in [0.2, 0.25) is 0 Å². The number of anilines is 1. The second-order valence-electron chi connectivity index (χ2n) is 4.37. The largest absolute Gasteiger partial charge is 0.464 e. The average Bonchev–Trinajstić information content (AvgIpc) is 2.88. The van der Waals surface area contributed by atoms with Gasteiger partial charge in [-0.2, -0.15) is 4.52 Å². The molecule has 10 heteroatoms. The Bertz CT molecular complexity index is 710. The van der Waals surface area contributed by atoms with E-state index in [9.17, 15) is 14.9 Å². The molecule has 0 amide bonds. The van der Waals surface area contributed by atoms with Gasteiger partial charge in [-0.05, 0) is 24.3 Å². The molecule has 0 atom stereocenters. The van der Waals surface area contributed by atoms with Crippen LogP contribution < -0.4 is 5.32 Å². The van der Waals surface area contributed by atoms with E-state index in [1.807, 2.05) is 0 Å². The van der Waals surface area contributed by atoms with Gasteiger partial charge in [0.05, 0.1) is 4.92 Å². The highest BCUT2D eigenvalue weighted by atomic mass is 16.6. The molecule has 0 saturated heterocycles. The Balaban J connectivity index is 2.41. The topological polar surface area (TPSA) is 125 Å². The number of nitro groups is 1. The highest BCUT2D eigenvalue weighted by Gasteiger charge is 2.26. The fourth-order valence-corrected chi connectivity index (χ4v) is 1.95. The number of rotatable bonds is 5. The highest BCUT2D eigenvalue weighted by molar-refractivity contribution is 5.78. The molecule has 0 aliphatic heterocycles. The number of hydrogen-bond donors (Lipinski definition) is 1. The Labute approximate surface area is 119 Å². The molecule has 0 saturated carbocycles. The molecule has 2 aromatic rings. The molecule has 0 aliphatic rings. The van der Waals surface area contributed by atoms with Gasteiger partial charge in [0.15, 0.2) is 0 Å². The number of esters is 1. The molecule has 2 aromatic heterocycles. The van der Waals surface area contributed by atoms with Crippen LogP contribution in [-0.2, 0) is 9.53 Å². The van der Waals surface area contributed by atoms with Crippen molar-refractivity contribution in [3.8, 4) is 0 Å². The number of hydrogen-bond acceptors (Lipinski definition) is 8. The number of carbonyl (C=O) groups is 1. The maximum absolute atomic E-state index is 11.3. The Kier molecular flexibility index (Phi) is 3.96. The minimum atomic E-state index is -0.535. The van der Waals surface area contributed by atoms with E-state index in [0.717, 1.165) is 0 Å². The zero-order chi connectivity index (χ0) is 15.6. The molecule has 0 spiro atoms.